The second-order valence-electron chi connectivity index (χ2n) is 9.00. The van der Waals surface area contributed by atoms with Gasteiger partial charge in [0.25, 0.3) is 5.91 Å². The standard InChI is InChI=1S/C23H26FN3O6S/c1-23(2,3)34(30,31)19-12-27-16(11-25-20(27)10-18(19)32-4)13-8-14(24)21(33-5)15(9-13)26-7-6-17(28)22(26)29/h8-12,17,28H,6-7H2,1-5H3. The highest BCUT2D eigenvalue weighted by Gasteiger charge is 2.35. The number of rotatable bonds is 5. The van der Waals surface area contributed by atoms with E-state index < -0.39 is 32.4 Å². The molecule has 4 rings (SSSR count). The molecule has 3 aromatic rings. The third-order valence-corrected chi connectivity index (χ3v) is 8.38. The average Bonchev–Trinajstić information content (AvgIpc) is 3.34. The number of anilines is 1. The van der Waals surface area contributed by atoms with Crippen LogP contribution in [-0.2, 0) is 14.6 Å². The summed E-state index contributed by atoms with van der Waals surface area (Å²) in [4.78, 5) is 18.0. The number of amides is 1. The number of sulfone groups is 1. The molecule has 0 bridgehead atoms. The van der Waals surface area contributed by atoms with Gasteiger partial charge in [-0.2, -0.15) is 0 Å². The first kappa shape index (κ1) is 24.0. The summed E-state index contributed by atoms with van der Waals surface area (Å²) in [5.41, 5.74) is 1.31. The number of aromatic nitrogens is 2. The molecule has 1 amide bonds. The van der Waals surface area contributed by atoms with E-state index >= 15 is 4.39 Å². The number of aliphatic hydroxyl groups excluding tert-OH is 1. The number of pyridine rings is 1. The fourth-order valence-electron chi connectivity index (χ4n) is 3.93. The van der Waals surface area contributed by atoms with E-state index in [1.54, 1.807) is 26.8 Å². The van der Waals surface area contributed by atoms with Crippen LogP contribution in [0.2, 0.25) is 0 Å². The van der Waals surface area contributed by atoms with Gasteiger partial charge in [-0.25, -0.2) is 17.8 Å². The zero-order valence-corrected chi connectivity index (χ0v) is 20.3. The Morgan fingerprint density at radius 1 is 1.18 bits per heavy atom. The Hall–Kier alpha value is -3.18. The largest absolute Gasteiger partial charge is 0.495 e. The van der Waals surface area contributed by atoms with E-state index in [9.17, 15) is 18.3 Å². The lowest BCUT2D eigenvalue weighted by molar-refractivity contribution is -0.124. The van der Waals surface area contributed by atoms with E-state index in [4.69, 9.17) is 9.47 Å². The number of halogens is 1. The molecule has 0 spiro atoms. The molecule has 1 atom stereocenters. The number of ether oxygens (including phenoxy) is 2. The molecular formula is C23H26FN3O6S. The van der Waals surface area contributed by atoms with Crippen LogP contribution in [0.4, 0.5) is 10.1 Å². The van der Waals surface area contributed by atoms with Crippen molar-refractivity contribution in [2.75, 3.05) is 25.7 Å². The van der Waals surface area contributed by atoms with Crippen molar-refractivity contribution < 1.29 is 32.2 Å². The van der Waals surface area contributed by atoms with E-state index in [0.29, 0.717) is 16.9 Å². The molecule has 11 heteroatoms. The van der Waals surface area contributed by atoms with E-state index in [1.165, 1.54) is 48.0 Å². The summed E-state index contributed by atoms with van der Waals surface area (Å²) in [7, 11) is -1.12. The van der Waals surface area contributed by atoms with Gasteiger partial charge in [-0.1, -0.05) is 0 Å². The Bertz CT molecular complexity index is 1390. The van der Waals surface area contributed by atoms with Crippen LogP contribution < -0.4 is 14.4 Å². The van der Waals surface area contributed by atoms with Gasteiger partial charge in [0.2, 0.25) is 0 Å². The molecule has 9 nitrogen and oxygen atoms in total. The number of carbonyl (C=O) groups is 1. The molecule has 1 N–H and O–H groups in total. The third kappa shape index (κ3) is 3.68. The van der Waals surface area contributed by atoms with Gasteiger partial charge in [0.05, 0.1) is 36.5 Å². The molecule has 0 radical (unpaired) electrons. The highest BCUT2D eigenvalue weighted by atomic mass is 32.2. The third-order valence-electron chi connectivity index (χ3n) is 5.88. The summed E-state index contributed by atoms with van der Waals surface area (Å²) >= 11 is 0. The number of fused-ring (bicyclic) bond motifs is 1. The van der Waals surface area contributed by atoms with Crippen LogP contribution in [0.5, 0.6) is 11.5 Å². The second-order valence-corrected chi connectivity index (χ2v) is 11.7. The normalized spacial score (nSPS) is 17.0. The fourth-order valence-corrected chi connectivity index (χ4v) is 5.24. The summed E-state index contributed by atoms with van der Waals surface area (Å²) in [6.45, 7) is 4.98. The van der Waals surface area contributed by atoms with Crippen LogP contribution in [0.25, 0.3) is 16.9 Å². The number of carbonyl (C=O) groups excluding carboxylic acids is 1. The topological polar surface area (TPSA) is 110 Å². The van der Waals surface area contributed by atoms with E-state index in [0.717, 1.165) is 0 Å². The van der Waals surface area contributed by atoms with E-state index in [-0.39, 0.29) is 35.0 Å². The summed E-state index contributed by atoms with van der Waals surface area (Å²) in [6.07, 6.45) is 1.94. The zero-order valence-electron chi connectivity index (χ0n) is 19.5. The Morgan fingerprint density at radius 2 is 1.88 bits per heavy atom. The lowest BCUT2D eigenvalue weighted by atomic mass is 10.1. The number of imidazole rings is 1. The number of methoxy groups -OCH3 is 2. The first-order chi connectivity index (χ1) is 15.9. The van der Waals surface area contributed by atoms with Gasteiger partial charge in [-0.05, 0) is 32.9 Å². The lowest BCUT2D eigenvalue weighted by Gasteiger charge is -2.22. The number of nitrogens with zero attached hydrogens (tertiary/aromatic N) is 3. The van der Waals surface area contributed by atoms with E-state index in [1.807, 2.05) is 0 Å². The molecule has 0 aliphatic carbocycles. The Labute approximate surface area is 196 Å². The van der Waals surface area contributed by atoms with Crippen LogP contribution in [0, 0.1) is 5.82 Å². The van der Waals surface area contributed by atoms with Gasteiger partial charge in [0.1, 0.15) is 22.4 Å². The molecule has 3 heterocycles. The minimum atomic E-state index is -3.79. The van der Waals surface area contributed by atoms with Gasteiger partial charge in [-0.3, -0.25) is 9.20 Å². The summed E-state index contributed by atoms with van der Waals surface area (Å²) in [6, 6.07) is 4.29. The summed E-state index contributed by atoms with van der Waals surface area (Å²) in [5.74, 6) is -1.23. The Morgan fingerprint density at radius 3 is 2.44 bits per heavy atom. The minimum Gasteiger partial charge on any atom is -0.495 e. The van der Waals surface area contributed by atoms with Crippen molar-refractivity contribution in [1.82, 2.24) is 9.38 Å². The van der Waals surface area contributed by atoms with Crippen molar-refractivity contribution in [3.63, 3.8) is 0 Å². The molecule has 182 valence electrons. The SMILES string of the molecule is COc1cc2ncc(-c3cc(F)c(OC)c(N4CCC(O)C4=O)c3)n2cc1S(=O)(=O)C(C)(C)C. The van der Waals surface area contributed by atoms with Gasteiger partial charge in [0.15, 0.2) is 21.4 Å². The first-order valence-electron chi connectivity index (χ1n) is 10.6. The quantitative estimate of drug-likeness (QED) is 0.584. The molecular weight excluding hydrogens is 465 g/mol. The summed E-state index contributed by atoms with van der Waals surface area (Å²) < 4.78 is 52.5. The smallest absolute Gasteiger partial charge is 0.255 e. The number of hydrogen-bond donors (Lipinski definition) is 1. The van der Waals surface area contributed by atoms with Gasteiger partial charge in [-0.15, -0.1) is 0 Å². The van der Waals surface area contributed by atoms with Gasteiger partial charge < -0.3 is 19.5 Å². The molecule has 1 aromatic carbocycles. The summed E-state index contributed by atoms with van der Waals surface area (Å²) in [5, 5.41) is 9.87. The van der Waals surface area contributed by atoms with Crippen LogP contribution in [0.1, 0.15) is 27.2 Å². The molecule has 1 unspecified atom stereocenters. The van der Waals surface area contributed by atoms with Crippen LogP contribution in [-0.4, -0.2) is 60.4 Å². The van der Waals surface area contributed by atoms with Crippen molar-refractivity contribution in [3.05, 3.63) is 36.4 Å². The maximum absolute atomic E-state index is 15.1. The van der Waals surface area contributed by atoms with Gasteiger partial charge in [0, 0.05) is 30.8 Å². The molecule has 34 heavy (non-hydrogen) atoms. The maximum Gasteiger partial charge on any atom is 0.255 e. The van der Waals surface area contributed by atoms with Crippen molar-refractivity contribution in [1.29, 1.82) is 0 Å². The number of hydrogen-bond acceptors (Lipinski definition) is 7. The predicted octanol–water partition coefficient (Wildman–Crippen LogP) is 2.83. The van der Waals surface area contributed by atoms with Crippen molar-refractivity contribution in [2.24, 2.45) is 0 Å². The molecule has 1 aliphatic heterocycles. The van der Waals surface area contributed by atoms with Crippen LogP contribution in [0.3, 0.4) is 0 Å². The molecule has 0 saturated carbocycles. The highest BCUT2D eigenvalue weighted by molar-refractivity contribution is 7.92. The lowest BCUT2D eigenvalue weighted by Crippen LogP contribution is -2.29. The van der Waals surface area contributed by atoms with Gasteiger partial charge >= 0.3 is 0 Å². The average molecular weight is 492 g/mol. The molecule has 1 saturated heterocycles. The number of benzene rings is 1. The monoisotopic (exact) mass is 491 g/mol. The fraction of sp³-hybridized carbons (Fsp3) is 0.391. The Balaban J connectivity index is 1.94. The second kappa shape index (κ2) is 8.24. The predicted molar refractivity (Wildman–Crippen MR) is 124 cm³/mol. The molecule has 2 aromatic heterocycles. The molecule has 1 aliphatic rings. The maximum atomic E-state index is 15.1. The minimum absolute atomic E-state index is 0.0266. The Kier molecular flexibility index (Phi) is 5.81. The van der Waals surface area contributed by atoms with Crippen molar-refractivity contribution in [3.8, 4) is 22.8 Å². The highest BCUT2D eigenvalue weighted by Crippen LogP contribution is 2.39. The molecule has 1 fully saturated rings. The first-order valence-corrected chi connectivity index (χ1v) is 12.1. The number of aliphatic hydroxyl groups is 1. The van der Waals surface area contributed by atoms with Crippen LogP contribution in [0.15, 0.2) is 35.5 Å². The zero-order chi connectivity index (χ0) is 25.0. The van der Waals surface area contributed by atoms with Crippen molar-refractivity contribution >= 4 is 27.1 Å². The van der Waals surface area contributed by atoms with Crippen molar-refractivity contribution in [2.45, 2.75) is 42.9 Å². The van der Waals surface area contributed by atoms with E-state index in [2.05, 4.69) is 4.98 Å². The van der Waals surface area contributed by atoms with Crippen LogP contribution >= 0.6 is 0 Å².